The van der Waals surface area contributed by atoms with E-state index in [1.54, 1.807) is 6.26 Å². The molecule has 76 valence electrons. The number of aliphatic hydroxyl groups excluding tert-OH is 1. The van der Waals surface area contributed by atoms with Gasteiger partial charge in [0.1, 0.15) is 0 Å². The monoisotopic (exact) mass is 184 g/mol. The Bertz CT molecular complexity index is 187. The van der Waals surface area contributed by atoms with E-state index in [4.69, 9.17) is 4.74 Å². The van der Waals surface area contributed by atoms with Gasteiger partial charge in [-0.05, 0) is 31.3 Å². The van der Waals surface area contributed by atoms with Crippen LogP contribution in [0.25, 0.3) is 0 Å². The molecule has 1 saturated carbocycles. The maximum atomic E-state index is 9.43. The Labute approximate surface area is 80.6 Å². The van der Waals surface area contributed by atoms with Crippen molar-refractivity contribution in [1.82, 2.24) is 0 Å². The highest BCUT2D eigenvalue weighted by molar-refractivity contribution is 5.08. The molecule has 0 aromatic carbocycles. The summed E-state index contributed by atoms with van der Waals surface area (Å²) >= 11 is 0. The maximum absolute atomic E-state index is 9.43. The number of ether oxygens (including phenoxy) is 1. The third-order valence-corrected chi connectivity index (χ3v) is 2.91. The lowest BCUT2D eigenvalue weighted by atomic mass is 9.88. The molecule has 3 unspecified atom stereocenters. The molecule has 0 spiro atoms. The maximum Gasteiger partial charge on any atom is 0.199 e. The first kappa shape index (κ1) is 10.6. The number of aliphatic hydroxyl groups is 1. The molecule has 2 nitrogen and oxygen atoms in total. The van der Waals surface area contributed by atoms with Crippen LogP contribution >= 0.6 is 0 Å². The zero-order valence-electron chi connectivity index (χ0n) is 8.79. The molecule has 0 aromatic heterocycles. The van der Waals surface area contributed by atoms with E-state index in [0.29, 0.717) is 11.8 Å². The molecule has 0 bridgehead atoms. The number of fused-ring (bicyclic) bond motifs is 1. The van der Waals surface area contributed by atoms with Gasteiger partial charge in [0.2, 0.25) is 0 Å². The van der Waals surface area contributed by atoms with Gasteiger partial charge in [-0.1, -0.05) is 20.3 Å². The molecule has 0 radical (unpaired) electrons. The van der Waals surface area contributed by atoms with Crippen molar-refractivity contribution in [1.29, 1.82) is 0 Å². The van der Waals surface area contributed by atoms with Crippen molar-refractivity contribution < 1.29 is 9.84 Å². The van der Waals surface area contributed by atoms with Gasteiger partial charge in [-0.3, -0.25) is 0 Å². The predicted octanol–water partition coefficient (Wildman–Crippen LogP) is 2.68. The Morgan fingerprint density at radius 3 is 2.69 bits per heavy atom. The third kappa shape index (κ3) is 2.05. The first-order valence-corrected chi connectivity index (χ1v) is 5.29. The minimum absolute atomic E-state index is 0.375. The van der Waals surface area contributed by atoms with Gasteiger partial charge in [-0.15, -0.1) is 0 Å². The number of allylic oxidation sites excluding steroid dienone is 1. The van der Waals surface area contributed by atoms with Crippen LogP contribution in [0.3, 0.4) is 0 Å². The van der Waals surface area contributed by atoms with Crippen LogP contribution in [0.5, 0.6) is 0 Å². The second-order valence-corrected chi connectivity index (χ2v) is 3.59. The zero-order valence-corrected chi connectivity index (χ0v) is 8.79. The Balaban J connectivity index is 0.000000396. The van der Waals surface area contributed by atoms with Gasteiger partial charge in [0.05, 0.1) is 6.26 Å². The molecule has 1 aliphatic heterocycles. The fourth-order valence-electron chi connectivity index (χ4n) is 2.26. The fraction of sp³-hybridized carbons (Fsp3) is 0.818. The van der Waals surface area contributed by atoms with Gasteiger partial charge in [0.15, 0.2) is 6.29 Å². The smallest absolute Gasteiger partial charge is 0.199 e. The minimum atomic E-state index is -0.536. The molecule has 3 atom stereocenters. The Morgan fingerprint density at radius 2 is 2.08 bits per heavy atom. The first-order chi connectivity index (χ1) is 6.29. The summed E-state index contributed by atoms with van der Waals surface area (Å²) in [5.74, 6) is 0.971. The fourth-order valence-corrected chi connectivity index (χ4v) is 2.26. The highest BCUT2D eigenvalue weighted by Gasteiger charge is 2.37. The third-order valence-electron chi connectivity index (χ3n) is 2.91. The second kappa shape index (κ2) is 4.66. The second-order valence-electron chi connectivity index (χ2n) is 3.59. The molecule has 2 rings (SSSR count). The molecule has 1 heterocycles. The van der Waals surface area contributed by atoms with E-state index in [-0.39, 0.29) is 0 Å². The van der Waals surface area contributed by atoms with E-state index >= 15 is 0 Å². The van der Waals surface area contributed by atoms with Gasteiger partial charge in [-0.25, -0.2) is 0 Å². The minimum Gasteiger partial charge on any atom is -0.472 e. The topological polar surface area (TPSA) is 29.5 Å². The SMILES string of the molecule is CC.CC1=COC(O)C2CCCC12. The summed E-state index contributed by atoms with van der Waals surface area (Å²) in [6.07, 6.45) is 4.77. The molecule has 2 heteroatoms. The summed E-state index contributed by atoms with van der Waals surface area (Å²) in [6.45, 7) is 6.09. The number of hydrogen-bond acceptors (Lipinski definition) is 2. The van der Waals surface area contributed by atoms with Crippen molar-refractivity contribution in [2.45, 2.75) is 46.3 Å². The molecule has 0 saturated heterocycles. The molecular formula is C11H20O2. The van der Waals surface area contributed by atoms with Crippen molar-refractivity contribution in [3.8, 4) is 0 Å². The molecule has 2 aliphatic rings. The van der Waals surface area contributed by atoms with Crippen LogP contribution in [0.15, 0.2) is 11.8 Å². The van der Waals surface area contributed by atoms with Crippen molar-refractivity contribution in [3.05, 3.63) is 11.8 Å². The highest BCUT2D eigenvalue weighted by atomic mass is 16.6. The summed E-state index contributed by atoms with van der Waals surface area (Å²) in [4.78, 5) is 0. The van der Waals surface area contributed by atoms with Crippen molar-refractivity contribution >= 4 is 0 Å². The van der Waals surface area contributed by atoms with Gasteiger partial charge < -0.3 is 9.84 Å². The quantitative estimate of drug-likeness (QED) is 0.627. The average molecular weight is 184 g/mol. The van der Waals surface area contributed by atoms with Gasteiger partial charge in [0, 0.05) is 5.92 Å². The lowest BCUT2D eigenvalue weighted by Gasteiger charge is -2.29. The normalized spacial score (nSPS) is 36.6. The molecule has 13 heavy (non-hydrogen) atoms. The van der Waals surface area contributed by atoms with Gasteiger partial charge in [-0.2, -0.15) is 0 Å². The Morgan fingerprint density at radius 1 is 1.38 bits per heavy atom. The van der Waals surface area contributed by atoms with Crippen LogP contribution in [-0.4, -0.2) is 11.4 Å². The van der Waals surface area contributed by atoms with Gasteiger partial charge >= 0.3 is 0 Å². The largest absolute Gasteiger partial charge is 0.472 e. The van der Waals surface area contributed by atoms with Crippen LogP contribution in [-0.2, 0) is 4.74 Å². The van der Waals surface area contributed by atoms with E-state index < -0.39 is 6.29 Å². The lowest BCUT2D eigenvalue weighted by Crippen LogP contribution is -2.29. The molecule has 0 aromatic rings. The molecule has 1 N–H and O–H groups in total. The predicted molar refractivity (Wildman–Crippen MR) is 53.0 cm³/mol. The number of rotatable bonds is 0. The van der Waals surface area contributed by atoms with Crippen LogP contribution in [0, 0.1) is 11.8 Å². The van der Waals surface area contributed by atoms with Crippen LogP contribution in [0.1, 0.15) is 40.0 Å². The Hall–Kier alpha value is -0.500. The van der Waals surface area contributed by atoms with E-state index in [2.05, 4.69) is 6.92 Å². The van der Waals surface area contributed by atoms with Crippen molar-refractivity contribution in [2.24, 2.45) is 11.8 Å². The molecule has 1 aliphatic carbocycles. The van der Waals surface area contributed by atoms with Crippen LogP contribution < -0.4 is 0 Å². The highest BCUT2D eigenvalue weighted by Crippen LogP contribution is 2.41. The van der Waals surface area contributed by atoms with Crippen LogP contribution in [0.4, 0.5) is 0 Å². The standard InChI is InChI=1S/C9H14O2.C2H6/c1-6-5-11-9(10)8-4-2-3-7(6)8;1-2/h5,7-10H,2-4H2,1H3;1-2H3. The first-order valence-electron chi connectivity index (χ1n) is 5.29. The average Bonchev–Trinajstić information content (AvgIpc) is 2.64. The van der Waals surface area contributed by atoms with Crippen LogP contribution in [0.2, 0.25) is 0 Å². The summed E-state index contributed by atoms with van der Waals surface area (Å²) in [5, 5.41) is 9.43. The van der Waals surface area contributed by atoms with E-state index in [1.807, 2.05) is 13.8 Å². The summed E-state index contributed by atoms with van der Waals surface area (Å²) in [7, 11) is 0. The summed E-state index contributed by atoms with van der Waals surface area (Å²) < 4.78 is 5.10. The van der Waals surface area contributed by atoms with E-state index in [0.717, 1.165) is 6.42 Å². The van der Waals surface area contributed by atoms with Crippen molar-refractivity contribution in [2.75, 3.05) is 0 Å². The molecule has 1 fully saturated rings. The van der Waals surface area contributed by atoms with E-state index in [1.165, 1.54) is 18.4 Å². The lowest BCUT2D eigenvalue weighted by molar-refractivity contribution is -0.111. The van der Waals surface area contributed by atoms with E-state index in [9.17, 15) is 5.11 Å². The van der Waals surface area contributed by atoms with Crippen molar-refractivity contribution in [3.63, 3.8) is 0 Å². The number of hydrogen-bond donors (Lipinski definition) is 1. The summed E-state index contributed by atoms with van der Waals surface area (Å²) in [5.41, 5.74) is 1.30. The van der Waals surface area contributed by atoms with Gasteiger partial charge in [0.25, 0.3) is 0 Å². The Kier molecular flexibility index (Phi) is 3.79. The summed E-state index contributed by atoms with van der Waals surface area (Å²) in [6, 6.07) is 0. The molecule has 0 amide bonds. The zero-order chi connectivity index (χ0) is 9.84. The molecular weight excluding hydrogens is 164 g/mol.